The quantitative estimate of drug-likeness (QED) is 0.481. The van der Waals surface area contributed by atoms with Crippen LogP contribution in [0.3, 0.4) is 0 Å². The number of benzene rings is 2. The molecule has 3 heterocycles. The van der Waals surface area contributed by atoms with Gasteiger partial charge in [0.15, 0.2) is 5.82 Å². The molecule has 0 bridgehead atoms. The molecule has 1 amide bonds. The predicted molar refractivity (Wildman–Crippen MR) is 142 cm³/mol. The second kappa shape index (κ2) is 9.39. The third-order valence-corrected chi connectivity index (χ3v) is 9.93. The number of sulfonamides is 1. The number of amides is 1. The van der Waals surface area contributed by atoms with Crippen LogP contribution in [0.2, 0.25) is 0 Å². The van der Waals surface area contributed by atoms with Gasteiger partial charge in [0.25, 0.3) is 5.91 Å². The van der Waals surface area contributed by atoms with E-state index in [1.807, 2.05) is 12.1 Å². The van der Waals surface area contributed by atoms with E-state index in [9.17, 15) is 22.0 Å². The van der Waals surface area contributed by atoms with Crippen molar-refractivity contribution in [1.82, 2.24) is 19.4 Å². The molecule has 0 spiro atoms. The molecule has 2 N–H and O–H groups in total. The van der Waals surface area contributed by atoms with Crippen LogP contribution in [0.25, 0.3) is 0 Å². The lowest BCUT2D eigenvalue weighted by molar-refractivity contribution is 0.102. The largest absolute Gasteiger partial charge is 0.369 e. The van der Waals surface area contributed by atoms with E-state index < -0.39 is 32.1 Å². The number of piperazine rings is 1. The molecule has 12 heteroatoms. The first-order valence-electron chi connectivity index (χ1n) is 13.0. The Labute approximate surface area is 225 Å². The fraction of sp³-hybridized carbons (Fsp3) is 0.407. The van der Waals surface area contributed by atoms with Crippen molar-refractivity contribution in [2.45, 2.75) is 49.7 Å². The molecule has 1 saturated heterocycles. The molecule has 2 aromatic carbocycles. The molecule has 3 aromatic rings. The number of nitrogens with zero attached hydrogens (tertiary/aromatic N) is 4. The monoisotopic (exact) mass is 556 g/mol. The zero-order valence-corrected chi connectivity index (χ0v) is 22.6. The number of H-pyrrole nitrogens is 1. The smallest absolute Gasteiger partial charge is 0.256 e. The van der Waals surface area contributed by atoms with Gasteiger partial charge in [-0.25, -0.2) is 17.2 Å². The summed E-state index contributed by atoms with van der Waals surface area (Å²) in [7, 11) is -4.26. The summed E-state index contributed by atoms with van der Waals surface area (Å²) < 4.78 is 55.4. The number of carbonyl (C=O) groups excluding carboxylic acids is 1. The second-order valence-electron chi connectivity index (χ2n) is 10.9. The third-order valence-electron chi connectivity index (χ3n) is 7.93. The molecule has 0 radical (unpaired) electrons. The molecule has 9 nitrogen and oxygen atoms in total. The molecule has 206 valence electrons. The highest BCUT2D eigenvalue weighted by atomic mass is 32.2. The number of anilines is 2. The molecule has 2 aliphatic heterocycles. The SMILES string of the molecule is CC1(C)c2[nH]nc(NC(=O)c3ccc(N4CCN(C5CC5)CC4)cc3)c2CN1S(=O)(=O)c1cc(F)cc(F)c1. The van der Waals surface area contributed by atoms with Crippen molar-refractivity contribution in [1.29, 1.82) is 0 Å². The number of carbonyl (C=O) groups is 1. The maximum Gasteiger partial charge on any atom is 0.256 e. The van der Waals surface area contributed by atoms with Crippen LogP contribution < -0.4 is 10.2 Å². The van der Waals surface area contributed by atoms with Crippen molar-refractivity contribution in [2.75, 3.05) is 36.4 Å². The van der Waals surface area contributed by atoms with Crippen LogP contribution in [0.5, 0.6) is 0 Å². The van der Waals surface area contributed by atoms with Gasteiger partial charge in [0.1, 0.15) is 11.6 Å². The minimum Gasteiger partial charge on any atom is -0.369 e. The predicted octanol–water partition coefficient (Wildman–Crippen LogP) is 3.66. The van der Waals surface area contributed by atoms with Crippen LogP contribution in [-0.4, -0.2) is 65.9 Å². The molecular formula is C27H30F2N6O3S. The highest BCUT2D eigenvalue weighted by Crippen LogP contribution is 2.44. The summed E-state index contributed by atoms with van der Waals surface area (Å²) in [4.78, 5) is 17.4. The van der Waals surface area contributed by atoms with E-state index in [1.165, 1.54) is 12.8 Å². The topological polar surface area (TPSA) is 102 Å². The number of rotatable bonds is 6. The van der Waals surface area contributed by atoms with E-state index in [-0.39, 0.29) is 18.3 Å². The lowest BCUT2D eigenvalue weighted by Crippen LogP contribution is -2.47. The number of aromatic amines is 1. The summed E-state index contributed by atoms with van der Waals surface area (Å²) in [6, 6.07) is 10.4. The minimum atomic E-state index is -4.26. The van der Waals surface area contributed by atoms with Crippen molar-refractivity contribution in [3.05, 3.63) is 70.9 Å². The van der Waals surface area contributed by atoms with E-state index in [1.54, 1.807) is 26.0 Å². The first-order chi connectivity index (χ1) is 18.5. The number of fused-ring (bicyclic) bond motifs is 1. The van der Waals surface area contributed by atoms with Gasteiger partial charge in [-0.05, 0) is 63.1 Å². The van der Waals surface area contributed by atoms with Crippen LogP contribution in [0, 0.1) is 11.6 Å². The molecule has 3 aliphatic rings. The molecule has 1 saturated carbocycles. The second-order valence-corrected chi connectivity index (χ2v) is 12.7. The van der Waals surface area contributed by atoms with Gasteiger partial charge in [0, 0.05) is 61.6 Å². The van der Waals surface area contributed by atoms with Gasteiger partial charge in [0.05, 0.1) is 16.1 Å². The van der Waals surface area contributed by atoms with Gasteiger partial charge in [-0.1, -0.05) is 0 Å². The highest BCUT2D eigenvalue weighted by Gasteiger charge is 2.48. The molecule has 0 atom stereocenters. The van der Waals surface area contributed by atoms with Gasteiger partial charge in [0.2, 0.25) is 10.0 Å². The van der Waals surface area contributed by atoms with Crippen molar-refractivity contribution >= 4 is 27.4 Å². The average Bonchev–Trinajstić information content (AvgIpc) is 3.61. The molecule has 1 aromatic heterocycles. The van der Waals surface area contributed by atoms with E-state index >= 15 is 0 Å². The molecule has 39 heavy (non-hydrogen) atoms. The fourth-order valence-corrected chi connectivity index (χ4v) is 7.34. The molecule has 1 aliphatic carbocycles. The summed E-state index contributed by atoms with van der Waals surface area (Å²) in [6.45, 7) is 7.22. The Bertz CT molecular complexity index is 1510. The minimum absolute atomic E-state index is 0.124. The van der Waals surface area contributed by atoms with Gasteiger partial charge in [-0.15, -0.1) is 0 Å². The van der Waals surface area contributed by atoms with E-state index in [0.717, 1.165) is 54.3 Å². The van der Waals surface area contributed by atoms with Crippen LogP contribution in [0.1, 0.15) is 48.3 Å². The number of nitrogens with one attached hydrogen (secondary N) is 2. The Balaban J connectivity index is 1.16. The number of halogens is 2. The van der Waals surface area contributed by atoms with Gasteiger partial charge >= 0.3 is 0 Å². The van der Waals surface area contributed by atoms with Crippen LogP contribution >= 0.6 is 0 Å². The van der Waals surface area contributed by atoms with Crippen molar-refractivity contribution in [3.63, 3.8) is 0 Å². The number of aromatic nitrogens is 2. The molecular weight excluding hydrogens is 526 g/mol. The Morgan fingerprint density at radius 2 is 1.67 bits per heavy atom. The van der Waals surface area contributed by atoms with Gasteiger partial charge < -0.3 is 10.2 Å². The molecule has 0 unspecified atom stereocenters. The van der Waals surface area contributed by atoms with Crippen LogP contribution in [0.15, 0.2) is 47.4 Å². The number of hydrogen-bond acceptors (Lipinski definition) is 6. The van der Waals surface area contributed by atoms with Crippen LogP contribution in [0.4, 0.5) is 20.3 Å². The lowest BCUT2D eigenvalue weighted by Gasteiger charge is -2.36. The fourth-order valence-electron chi connectivity index (χ4n) is 5.57. The van der Waals surface area contributed by atoms with Gasteiger partial charge in [-0.2, -0.15) is 9.40 Å². The Morgan fingerprint density at radius 1 is 1.03 bits per heavy atom. The Hall–Kier alpha value is -3.35. The lowest BCUT2D eigenvalue weighted by atomic mass is 10.0. The normalized spacial score (nSPS) is 19.7. The molecule has 2 fully saturated rings. The zero-order chi connectivity index (χ0) is 27.5. The van der Waals surface area contributed by atoms with Crippen molar-refractivity contribution < 1.29 is 22.0 Å². The zero-order valence-electron chi connectivity index (χ0n) is 21.7. The first-order valence-corrected chi connectivity index (χ1v) is 14.4. The maximum absolute atomic E-state index is 13.8. The van der Waals surface area contributed by atoms with E-state index in [2.05, 4.69) is 25.3 Å². The van der Waals surface area contributed by atoms with Crippen molar-refractivity contribution in [3.8, 4) is 0 Å². The third kappa shape index (κ3) is 4.70. The van der Waals surface area contributed by atoms with Crippen LogP contribution in [-0.2, 0) is 22.1 Å². The van der Waals surface area contributed by atoms with E-state index in [4.69, 9.17) is 0 Å². The highest BCUT2D eigenvalue weighted by molar-refractivity contribution is 7.89. The Morgan fingerprint density at radius 3 is 2.28 bits per heavy atom. The maximum atomic E-state index is 13.8. The van der Waals surface area contributed by atoms with Crippen molar-refractivity contribution in [2.24, 2.45) is 0 Å². The average molecular weight is 557 g/mol. The summed E-state index contributed by atoms with van der Waals surface area (Å²) in [5.74, 6) is -2.12. The van der Waals surface area contributed by atoms with Gasteiger partial charge in [-0.3, -0.25) is 14.8 Å². The molecule has 6 rings (SSSR count). The summed E-state index contributed by atoms with van der Waals surface area (Å²) in [5, 5.41) is 9.86. The summed E-state index contributed by atoms with van der Waals surface area (Å²) >= 11 is 0. The number of hydrogen-bond donors (Lipinski definition) is 2. The standard InChI is InChI=1S/C27H30F2N6O3S/c1-27(2)24-23(16-35(27)39(37,38)22-14-18(28)13-19(29)15-22)25(32-31-24)30-26(36)17-3-5-20(6-4-17)33-9-11-34(12-10-33)21-7-8-21/h3-6,13-15,21H,7-12,16H2,1-2H3,(H2,30,31,32,36). The summed E-state index contributed by atoms with van der Waals surface area (Å²) in [6.07, 6.45) is 2.61. The Kier molecular flexibility index (Phi) is 6.23. The van der Waals surface area contributed by atoms with E-state index in [0.29, 0.717) is 22.9 Å². The first kappa shape index (κ1) is 25.9. The summed E-state index contributed by atoms with van der Waals surface area (Å²) in [5.41, 5.74) is 1.42.